The van der Waals surface area contributed by atoms with E-state index in [-0.39, 0.29) is 11.6 Å². The van der Waals surface area contributed by atoms with Crippen molar-refractivity contribution < 1.29 is 4.79 Å². The third-order valence-electron chi connectivity index (χ3n) is 3.21. The number of anilines is 1. The topological polar surface area (TPSA) is 98.5 Å². The third-order valence-corrected chi connectivity index (χ3v) is 4.09. The van der Waals surface area contributed by atoms with Gasteiger partial charge in [0.05, 0.1) is 40.4 Å². The molecule has 10 heteroatoms. The van der Waals surface area contributed by atoms with Crippen molar-refractivity contribution in [2.24, 2.45) is 0 Å². The third kappa shape index (κ3) is 3.35. The number of nitrogens with one attached hydrogen (secondary N) is 1. The summed E-state index contributed by atoms with van der Waals surface area (Å²) in [4.78, 5) is 16.3. The van der Waals surface area contributed by atoms with Crippen molar-refractivity contribution in [3.63, 3.8) is 0 Å². The zero-order valence-electron chi connectivity index (χ0n) is 12.3. The van der Waals surface area contributed by atoms with Gasteiger partial charge in [0.15, 0.2) is 5.69 Å². The van der Waals surface area contributed by atoms with Gasteiger partial charge in [0, 0.05) is 6.20 Å². The van der Waals surface area contributed by atoms with Crippen molar-refractivity contribution in [1.29, 1.82) is 0 Å². The van der Waals surface area contributed by atoms with Gasteiger partial charge in [-0.25, -0.2) is 9.67 Å². The lowest BCUT2D eigenvalue weighted by atomic mass is 10.3. The second-order valence-electron chi connectivity index (χ2n) is 4.79. The normalized spacial score (nSPS) is 10.7. The van der Waals surface area contributed by atoms with E-state index in [0.29, 0.717) is 23.1 Å². The number of pyridine rings is 1. The first-order valence-corrected chi connectivity index (χ1v) is 7.76. The van der Waals surface area contributed by atoms with Crippen LogP contribution in [0, 0.1) is 13.8 Å². The van der Waals surface area contributed by atoms with Crippen LogP contribution in [-0.2, 0) is 6.54 Å². The Kier molecular flexibility index (Phi) is 4.30. The molecule has 118 valence electrons. The zero-order chi connectivity index (χ0) is 16.4. The van der Waals surface area contributed by atoms with Crippen molar-refractivity contribution in [2.45, 2.75) is 20.4 Å². The maximum atomic E-state index is 12.3. The van der Waals surface area contributed by atoms with E-state index in [4.69, 9.17) is 11.6 Å². The quantitative estimate of drug-likeness (QED) is 0.774. The summed E-state index contributed by atoms with van der Waals surface area (Å²) in [5.74, 6) is 0.0181. The first-order chi connectivity index (χ1) is 11.0. The van der Waals surface area contributed by atoms with Crippen molar-refractivity contribution in [3.05, 3.63) is 46.1 Å². The number of aryl methyl sites for hydroxylation is 1. The fraction of sp³-hybridized carbons (Fsp3) is 0.231. The molecule has 0 fully saturated rings. The van der Waals surface area contributed by atoms with Gasteiger partial charge in [0.25, 0.3) is 5.91 Å². The van der Waals surface area contributed by atoms with E-state index in [1.54, 1.807) is 23.7 Å². The van der Waals surface area contributed by atoms with Crippen molar-refractivity contribution in [3.8, 4) is 0 Å². The van der Waals surface area contributed by atoms with Crippen LogP contribution in [0.2, 0.25) is 5.02 Å². The predicted octanol–water partition coefficient (Wildman–Crippen LogP) is 2.10. The number of carbonyl (C=O) groups is 1. The van der Waals surface area contributed by atoms with Gasteiger partial charge in [0.1, 0.15) is 5.82 Å². The van der Waals surface area contributed by atoms with Crippen LogP contribution in [0.4, 0.5) is 5.82 Å². The monoisotopic (exact) mass is 349 g/mol. The second-order valence-corrected chi connectivity index (χ2v) is 5.76. The van der Waals surface area contributed by atoms with Crippen LogP contribution < -0.4 is 5.32 Å². The first kappa shape index (κ1) is 15.5. The molecule has 3 heterocycles. The van der Waals surface area contributed by atoms with Crippen molar-refractivity contribution in [2.75, 3.05) is 5.32 Å². The summed E-state index contributed by atoms with van der Waals surface area (Å²) in [6.45, 7) is 4.08. The highest BCUT2D eigenvalue weighted by Crippen LogP contribution is 2.13. The van der Waals surface area contributed by atoms with E-state index in [1.807, 2.05) is 6.92 Å². The number of halogens is 1. The maximum Gasteiger partial charge on any atom is 0.279 e. The number of hydrogen-bond acceptors (Lipinski definition) is 7. The molecule has 0 unspecified atom stereocenters. The average Bonchev–Trinajstić information content (AvgIpc) is 3.09. The molecule has 0 aliphatic rings. The highest BCUT2D eigenvalue weighted by atomic mass is 35.5. The summed E-state index contributed by atoms with van der Waals surface area (Å²) in [5.41, 5.74) is 2.54. The summed E-state index contributed by atoms with van der Waals surface area (Å²) < 4.78 is 9.94. The molecule has 0 spiro atoms. The van der Waals surface area contributed by atoms with E-state index in [2.05, 4.69) is 29.4 Å². The number of rotatable bonds is 4. The molecule has 0 saturated carbocycles. The number of hydrogen-bond donors (Lipinski definition) is 1. The first-order valence-electron chi connectivity index (χ1n) is 6.65. The van der Waals surface area contributed by atoms with Gasteiger partial charge in [-0.05, 0) is 26.0 Å². The predicted molar refractivity (Wildman–Crippen MR) is 85.7 cm³/mol. The number of amides is 1. The molecule has 0 saturated heterocycles. The minimum Gasteiger partial charge on any atom is -0.305 e. The highest BCUT2D eigenvalue weighted by Gasteiger charge is 2.18. The molecule has 8 nitrogen and oxygen atoms in total. The van der Waals surface area contributed by atoms with Gasteiger partial charge in [-0.3, -0.25) is 4.79 Å². The average molecular weight is 350 g/mol. The van der Waals surface area contributed by atoms with Crippen molar-refractivity contribution >= 4 is 35.1 Å². The molecular weight excluding hydrogens is 338 g/mol. The molecule has 3 aromatic heterocycles. The molecule has 0 aromatic carbocycles. The molecule has 0 aliphatic carbocycles. The van der Waals surface area contributed by atoms with E-state index < -0.39 is 0 Å². The van der Waals surface area contributed by atoms with Gasteiger partial charge in [-0.1, -0.05) is 16.8 Å². The Morgan fingerprint density at radius 1 is 1.35 bits per heavy atom. The van der Waals surface area contributed by atoms with Crippen molar-refractivity contribution in [1.82, 2.24) is 28.7 Å². The molecular formula is C13H12ClN7OS. The van der Waals surface area contributed by atoms with Crippen LogP contribution in [0.15, 0.2) is 18.3 Å². The Morgan fingerprint density at radius 2 is 2.17 bits per heavy atom. The molecule has 1 amide bonds. The van der Waals surface area contributed by atoms with Crippen LogP contribution in [0.1, 0.15) is 27.6 Å². The van der Waals surface area contributed by atoms with Gasteiger partial charge >= 0.3 is 0 Å². The minimum absolute atomic E-state index is 0.239. The molecule has 3 rings (SSSR count). The Morgan fingerprint density at radius 3 is 2.83 bits per heavy atom. The lowest BCUT2D eigenvalue weighted by Gasteiger charge is -2.04. The largest absolute Gasteiger partial charge is 0.305 e. The van der Waals surface area contributed by atoms with Crippen LogP contribution in [0.25, 0.3) is 0 Å². The zero-order valence-corrected chi connectivity index (χ0v) is 13.9. The number of aromatic nitrogens is 6. The number of carbonyl (C=O) groups excluding carboxylic acids is 1. The highest BCUT2D eigenvalue weighted by molar-refractivity contribution is 6.99. The van der Waals surface area contributed by atoms with Crippen LogP contribution in [-0.4, -0.2) is 34.6 Å². The molecule has 0 aliphatic heterocycles. The molecule has 0 atom stereocenters. The molecule has 0 bridgehead atoms. The lowest BCUT2D eigenvalue weighted by Crippen LogP contribution is -2.15. The van der Waals surface area contributed by atoms with Crippen LogP contribution in [0.5, 0.6) is 0 Å². The molecule has 3 aromatic rings. The van der Waals surface area contributed by atoms with E-state index in [1.165, 1.54) is 6.20 Å². The van der Waals surface area contributed by atoms with Gasteiger partial charge in [-0.15, -0.1) is 5.10 Å². The SMILES string of the molecule is Cc1nsnc1Cn1nnc(C(=O)Nc2ccc(Cl)cn2)c1C. The molecule has 1 N–H and O–H groups in total. The Balaban J connectivity index is 1.77. The van der Waals surface area contributed by atoms with Gasteiger partial charge in [0.2, 0.25) is 0 Å². The summed E-state index contributed by atoms with van der Waals surface area (Å²) in [5, 5.41) is 11.1. The van der Waals surface area contributed by atoms with E-state index >= 15 is 0 Å². The summed E-state index contributed by atoms with van der Waals surface area (Å²) in [7, 11) is 0. The lowest BCUT2D eigenvalue weighted by molar-refractivity contribution is 0.102. The number of nitrogens with zero attached hydrogens (tertiary/aromatic N) is 6. The molecule has 0 radical (unpaired) electrons. The molecule has 23 heavy (non-hydrogen) atoms. The Hall–Kier alpha value is -2.39. The summed E-state index contributed by atoms with van der Waals surface area (Å²) >= 11 is 6.91. The fourth-order valence-corrected chi connectivity index (χ4v) is 2.55. The smallest absolute Gasteiger partial charge is 0.279 e. The van der Waals surface area contributed by atoms with Crippen LogP contribution in [0.3, 0.4) is 0 Å². The van der Waals surface area contributed by atoms with Crippen LogP contribution >= 0.6 is 23.3 Å². The van der Waals surface area contributed by atoms with E-state index in [0.717, 1.165) is 23.1 Å². The Labute approximate surface area is 140 Å². The summed E-state index contributed by atoms with van der Waals surface area (Å²) in [6, 6.07) is 3.26. The maximum absolute atomic E-state index is 12.3. The Bertz CT molecular complexity index is 842. The standard InChI is InChI=1S/C13H12ClN7OS/c1-7-10(19-23-18-7)6-21-8(2)12(17-20-21)13(22)16-11-4-3-9(14)5-15-11/h3-5H,6H2,1-2H3,(H,15,16,22). The van der Waals surface area contributed by atoms with Gasteiger partial charge < -0.3 is 5.32 Å². The van der Waals surface area contributed by atoms with E-state index in [9.17, 15) is 4.79 Å². The summed E-state index contributed by atoms with van der Waals surface area (Å²) in [6.07, 6.45) is 1.46. The second kappa shape index (κ2) is 6.39. The fourth-order valence-electron chi connectivity index (χ4n) is 1.88. The minimum atomic E-state index is -0.378. The van der Waals surface area contributed by atoms with Gasteiger partial charge in [-0.2, -0.15) is 8.75 Å².